The summed E-state index contributed by atoms with van der Waals surface area (Å²) in [5.74, 6) is 0. The SMILES string of the molecule is CCC(c1cccc(Br)c1)N(CC)C1CCCNC1. The van der Waals surface area contributed by atoms with E-state index in [1.165, 1.54) is 35.8 Å². The van der Waals surface area contributed by atoms with Crippen LogP contribution < -0.4 is 5.32 Å². The van der Waals surface area contributed by atoms with Gasteiger partial charge in [0.2, 0.25) is 0 Å². The van der Waals surface area contributed by atoms with Crippen LogP contribution in [0.25, 0.3) is 0 Å². The molecule has 1 saturated heterocycles. The Bertz CT molecular complexity index is 388. The van der Waals surface area contributed by atoms with Crippen LogP contribution in [-0.4, -0.2) is 30.6 Å². The van der Waals surface area contributed by atoms with Gasteiger partial charge < -0.3 is 5.32 Å². The minimum absolute atomic E-state index is 0.535. The Balaban J connectivity index is 2.17. The third kappa shape index (κ3) is 3.80. The molecule has 0 amide bonds. The van der Waals surface area contributed by atoms with Gasteiger partial charge in [0.15, 0.2) is 0 Å². The highest BCUT2D eigenvalue weighted by Crippen LogP contribution is 2.29. The third-order valence-corrected chi connectivity index (χ3v) is 4.62. The van der Waals surface area contributed by atoms with E-state index in [2.05, 4.69) is 64.3 Å². The quantitative estimate of drug-likeness (QED) is 0.881. The Morgan fingerprint density at radius 3 is 2.84 bits per heavy atom. The van der Waals surface area contributed by atoms with Gasteiger partial charge in [-0.05, 0) is 50.0 Å². The standard InChI is InChI=1S/C16H25BrN2/c1-3-16(13-7-5-8-14(17)11-13)19(4-2)15-9-6-10-18-12-15/h5,7-8,11,15-16,18H,3-4,6,9-10,12H2,1-2H3. The molecule has 0 aromatic heterocycles. The predicted octanol–water partition coefficient (Wildman–Crippen LogP) is 3.97. The average Bonchev–Trinajstić information content (AvgIpc) is 2.45. The number of piperidine rings is 1. The van der Waals surface area contributed by atoms with Gasteiger partial charge in [0.05, 0.1) is 0 Å². The van der Waals surface area contributed by atoms with Crippen molar-refractivity contribution in [1.82, 2.24) is 10.2 Å². The second-order valence-electron chi connectivity index (χ2n) is 5.31. The lowest BCUT2D eigenvalue weighted by molar-refractivity contribution is 0.115. The molecule has 2 atom stereocenters. The second kappa shape index (κ2) is 7.41. The summed E-state index contributed by atoms with van der Waals surface area (Å²) in [4.78, 5) is 2.67. The summed E-state index contributed by atoms with van der Waals surface area (Å²) in [5, 5.41) is 3.54. The van der Waals surface area contributed by atoms with E-state index in [-0.39, 0.29) is 0 Å². The maximum atomic E-state index is 3.60. The molecule has 0 spiro atoms. The predicted molar refractivity (Wildman–Crippen MR) is 85.4 cm³/mol. The van der Waals surface area contributed by atoms with E-state index in [1.54, 1.807) is 0 Å². The number of rotatable bonds is 5. The lowest BCUT2D eigenvalue weighted by Gasteiger charge is -2.39. The fraction of sp³-hybridized carbons (Fsp3) is 0.625. The highest BCUT2D eigenvalue weighted by molar-refractivity contribution is 9.10. The van der Waals surface area contributed by atoms with Crippen molar-refractivity contribution in [1.29, 1.82) is 0 Å². The molecule has 1 aromatic carbocycles. The summed E-state index contributed by atoms with van der Waals surface area (Å²) in [5.41, 5.74) is 1.43. The zero-order valence-electron chi connectivity index (χ0n) is 12.0. The smallest absolute Gasteiger partial charge is 0.0349 e. The second-order valence-corrected chi connectivity index (χ2v) is 6.23. The number of benzene rings is 1. The molecule has 2 unspecified atom stereocenters. The van der Waals surface area contributed by atoms with Crippen LogP contribution in [0.5, 0.6) is 0 Å². The molecule has 0 saturated carbocycles. The van der Waals surface area contributed by atoms with Crippen molar-refractivity contribution in [3.05, 3.63) is 34.3 Å². The Hall–Kier alpha value is -0.380. The van der Waals surface area contributed by atoms with Gasteiger partial charge in [0.25, 0.3) is 0 Å². The van der Waals surface area contributed by atoms with E-state index < -0.39 is 0 Å². The van der Waals surface area contributed by atoms with Crippen LogP contribution >= 0.6 is 15.9 Å². The maximum absolute atomic E-state index is 3.60. The first-order valence-corrected chi connectivity index (χ1v) is 8.27. The van der Waals surface area contributed by atoms with Crippen molar-refractivity contribution in [2.24, 2.45) is 0 Å². The van der Waals surface area contributed by atoms with Crippen molar-refractivity contribution in [2.75, 3.05) is 19.6 Å². The first-order chi connectivity index (χ1) is 9.26. The van der Waals surface area contributed by atoms with Crippen LogP contribution in [0.2, 0.25) is 0 Å². The van der Waals surface area contributed by atoms with Crippen LogP contribution in [0, 0.1) is 0 Å². The van der Waals surface area contributed by atoms with Crippen LogP contribution in [0.15, 0.2) is 28.7 Å². The lowest BCUT2D eigenvalue weighted by Crippen LogP contribution is -2.47. The van der Waals surface area contributed by atoms with E-state index in [0.29, 0.717) is 12.1 Å². The monoisotopic (exact) mass is 324 g/mol. The van der Waals surface area contributed by atoms with Crippen LogP contribution in [0.1, 0.15) is 44.7 Å². The topological polar surface area (TPSA) is 15.3 Å². The average molecular weight is 325 g/mol. The number of likely N-dealkylation sites (N-methyl/N-ethyl adjacent to an activating group) is 1. The van der Waals surface area contributed by atoms with E-state index in [0.717, 1.165) is 13.1 Å². The number of halogens is 1. The Morgan fingerprint density at radius 1 is 1.42 bits per heavy atom. The first-order valence-electron chi connectivity index (χ1n) is 7.48. The summed E-state index contributed by atoms with van der Waals surface area (Å²) in [6.45, 7) is 8.02. The number of nitrogens with one attached hydrogen (secondary N) is 1. The molecular formula is C16H25BrN2. The van der Waals surface area contributed by atoms with Crippen molar-refractivity contribution in [3.8, 4) is 0 Å². The van der Waals surface area contributed by atoms with Gasteiger partial charge in [-0.3, -0.25) is 4.90 Å². The lowest BCUT2D eigenvalue weighted by atomic mass is 9.97. The molecule has 3 heteroatoms. The Kier molecular flexibility index (Phi) is 5.86. The summed E-state index contributed by atoms with van der Waals surface area (Å²) in [6.07, 6.45) is 3.79. The van der Waals surface area contributed by atoms with Crippen LogP contribution in [-0.2, 0) is 0 Å². The first kappa shape index (κ1) is 15.0. The van der Waals surface area contributed by atoms with Crippen molar-refractivity contribution < 1.29 is 0 Å². The third-order valence-electron chi connectivity index (χ3n) is 4.13. The van der Waals surface area contributed by atoms with Crippen molar-refractivity contribution in [2.45, 2.75) is 45.2 Å². The van der Waals surface area contributed by atoms with Gasteiger partial charge in [0, 0.05) is 23.1 Å². The summed E-state index contributed by atoms with van der Waals surface area (Å²) in [7, 11) is 0. The van der Waals surface area contributed by atoms with Gasteiger partial charge in [-0.2, -0.15) is 0 Å². The van der Waals surface area contributed by atoms with E-state index >= 15 is 0 Å². The zero-order chi connectivity index (χ0) is 13.7. The van der Waals surface area contributed by atoms with Crippen LogP contribution in [0.4, 0.5) is 0 Å². The summed E-state index contributed by atoms with van der Waals surface area (Å²) < 4.78 is 1.18. The Labute approximate surface area is 125 Å². The molecule has 1 heterocycles. The molecule has 1 aliphatic rings. The molecular weight excluding hydrogens is 300 g/mol. The minimum Gasteiger partial charge on any atom is -0.315 e. The van der Waals surface area contributed by atoms with Gasteiger partial charge in [-0.25, -0.2) is 0 Å². The normalized spacial score (nSPS) is 21.6. The van der Waals surface area contributed by atoms with Crippen molar-refractivity contribution >= 4 is 15.9 Å². The Morgan fingerprint density at radius 2 is 2.26 bits per heavy atom. The van der Waals surface area contributed by atoms with Gasteiger partial charge in [-0.1, -0.05) is 41.9 Å². The largest absolute Gasteiger partial charge is 0.315 e. The number of hydrogen-bond acceptors (Lipinski definition) is 2. The van der Waals surface area contributed by atoms with Gasteiger partial charge in [-0.15, -0.1) is 0 Å². The molecule has 19 heavy (non-hydrogen) atoms. The van der Waals surface area contributed by atoms with E-state index in [1.807, 2.05) is 0 Å². The zero-order valence-corrected chi connectivity index (χ0v) is 13.6. The molecule has 1 N–H and O–H groups in total. The highest BCUT2D eigenvalue weighted by atomic mass is 79.9. The minimum atomic E-state index is 0.535. The highest BCUT2D eigenvalue weighted by Gasteiger charge is 2.26. The van der Waals surface area contributed by atoms with Gasteiger partial charge >= 0.3 is 0 Å². The fourth-order valence-corrected chi connectivity index (χ4v) is 3.64. The van der Waals surface area contributed by atoms with Gasteiger partial charge in [0.1, 0.15) is 0 Å². The molecule has 106 valence electrons. The molecule has 1 fully saturated rings. The fourth-order valence-electron chi connectivity index (χ4n) is 3.23. The maximum Gasteiger partial charge on any atom is 0.0349 e. The molecule has 1 aliphatic heterocycles. The molecule has 0 aliphatic carbocycles. The molecule has 2 nitrogen and oxygen atoms in total. The number of hydrogen-bond donors (Lipinski definition) is 1. The summed E-state index contributed by atoms with van der Waals surface area (Å²) in [6, 6.07) is 10.0. The summed E-state index contributed by atoms with van der Waals surface area (Å²) >= 11 is 3.60. The van der Waals surface area contributed by atoms with E-state index in [9.17, 15) is 0 Å². The van der Waals surface area contributed by atoms with Crippen LogP contribution in [0.3, 0.4) is 0 Å². The van der Waals surface area contributed by atoms with E-state index in [4.69, 9.17) is 0 Å². The molecule has 0 radical (unpaired) electrons. The molecule has 1 aromatic rings. The van der Waals surface area contributed by atoms with Crippen molar-refractivity contribution in [3.63, 3.8) is 0 Å². The molecule has 2 rings (SSSR count). The number of nitrogens with zero attached hydrogens (tertiary/aromatic N) is 1. The molecule has 0 bridgehead atoms.